The van der Waals surface area contributed by atoms with E-state index in [1.807, 2.05) is 6.07 Å². The second-order valence-corrected chi connectivity index (χ2v) is 5.24. The number of anilines is 1. The molecule has 0 saturated carbocycles. The number of rotatable bonds is 3. The summed E-state index contributed by atoms with van der Waals surface area (Å²) in [7, 11) is 0. The lowest BCUT2D eigenvalue weighted by Gasteiger charge is -2.34. The van der Waals surface area contributed by atoms with Crippen molar-refractivity contribution in [3.05, 3.63) is 29.8 Å². The molecule has 0 heterocycles. The van der Waals surface area contributed by atoms with Crippen LogP contribution >= 0.6 is 0 Å². The molecule has 0 unspecified atom stereocenters. The highest BCUT2D eigenvalue weighted by atomic mass is 16.4. The molecule has 0 bridgehead atoms. The third-order valence-corrected chi connectivity index (χ3v) is 2.64. The highest BCUT2D eigenvalue weighted by molar-refractivity contribution is 5.93. The lowest BCUT2D eigenvalue weighted by atomic mass is 10.1. The molecule has 2 N–H and O–H groups in total. The van der Waals surface area contributed by atoms with E-state index < -0.39 is 24.1 Å². The molecule has 2 amide bonds. The van der Waals surface area contributed by atoms with Crippen LogP contribution in [0.2, 0.25) is 0 Å². The minimum absolute atomic E-state index is 0.324. The van der Waals surface area contributed by atoms with E-state index in [9.17, 15) is 9.59 Å². The summed E-state index contributed by atoms with van der Waals surface area (Å²) in [6.45, 7) is 4.81. The van der Waals surface area contributed by atoms with Gasteiger partial charge >= 0.3 is 12.0 Å². The molecule has 6 nitrogen and oxygen atoms in total. The van der Waals surface area contributed by atoms with Crippen LogP contribution in [-0.2, 0) is 4.79 Å². The Morgan fingerprint density at radius 1 is 1.35 bits per heavy atom. The summed E-state index contributed by atoms with van der Waals surface area (Å²) < 4.78 is 0. The quantitative estimate of drug-likeness (QED) is 0.884. The number of carboxylic acids is 1. The Hall–Kier alpha value is -2.55. The molecule has 0 aliphatic heterocycles. The van der Waals surface area contributed by atoms with Crippen molar-refractivity contribution in [2.24, 2.45) is 0 Å². The summed E-state index contributed by atoms with van der Waals surface area (Å²) in [5.41, 5.74) is 0.0361. The van der Waals surface area contributed by atoms with Gasteiger partial charge in [0.1, 0.15) is 12.6 Å². The second kappa shape index (κ2) is 6.06. The SMILES string of the molecule is CC(C)(C)N(CC(=O)O)C(=O)Nc1ccccc1C#N. The summed E-state index contributed by atoms with van der Waals surface area (Å²) in [6, 6.07) is 7.97. The lowest BCUT2D eigenvalue weighted by molar-refractivity contribution is -0.138. The van der Waals surface area contributed by atoms with E-state index in [0.29, 0.717) is 11.3 Å². The van der Waals surface area contributed by atoms with Gasteiger partial charge in [-0.25, -0.2) is 4.79 Å². The van der Waals surface area contributed by atoms with Crippen molar-refractivity contribution >= 4 is 17.7 Å². The molecule has 1 rings (SSSR count). The molecular formula is C14H17N3O3. The monoisotopic (exact) mass is 275 g/mol. The van der Waals surface area contributed by atoms with Gasteiger partial charge in [-0.3, -0.25) is 4.79 Å². The maximum Gasteiger partial charge on any atom is 0.323 e. The number of benzene rings is 1. The zero-order valence-electron chi connectivity index (χ0n) is 11.7. The number of carbonyl (C=O) groups is 2. The van der Waals surface area contributed by atoms with E-state index in [4.69, 9.17) is 10.4 Å². The second-order valence-electron chi connectivity index (χ2n) is 5.24. The molecule has 106 valence electrons. The van der Waals surface area contributed by atoms with E-state index in [-0.39, 0.29) is 0 Å². The molecular weight excluding hydrogens is 258 g/mol. The maximum atomic E-state index is 12.2. The van der Waals surface area contributed by atoms with E-state index in [1.54, 1.807) is 45.0 Å². The van der Waals surface area contributed by atoms with Gasteiger partial charge in [0.15, 0.2) is 0 Å². The number of amides is 2. The number of nitrogens with one attached hydrogen (secondary N) is 1. The fourth-order valence-corrected chi connectivity index (χ4v) is 1.62. The average molecular weight is 275 g/mol. The fourth-order valence-electron chi connectivity index (χ4n) is 1.62. The summed E-state index contributed by atoms with van der Waals surface area (Å²) in [6.07, 6.45) is 0. The summed E-state index contributed by atoms with van der Waals surface area (Å²) in [5.74, 6) is -1.09. The average Bonchev–Trinajstić information content (AvgIpc) is 2.35. The van der Waals surface area contributed by atoms with Crippen LogP contribution in [0.3, 0.4) is 0 Å². The van der Waals surface area contributed by atoms with Crippen LogP contribution in [0.25, 0.3) is 0 Å². The number of carbonyl (C=O) groups excluding carboxylic acids is 1. The van der Waals surface area contributed by atoms with Crippen molar-refractivity contribution in [3.63, 3.8) is 0 Å². The van der Waals surface area contributed by atoms with Crippen molar-refractivity contribution in [1.29, 1.82) is 5.26 Å². The Kier molecular flexibility index (Phi) is 4.70. The number of hydrogen-bond donors (Lipinski definition) is 2. The molecule has 0 atom stereocenters. The Morgan fingerprint density at radius 2 is 1.95 bits per heavy atom. The normalized spacial score (nSPS) is 10.5. The third-order valence-electron chi connectivity index (χ3n) is 2.64. The molecule has 1 aromatic carbocycles. The van der Waals surface area contributed by atoms with Crippen LogP contribution in [0.15, 0.2) is 24.3 Å². The van der Waals surface area contributed by atoms with Crippen LogP contribution in [0.1, 0.15) is 26.3 Å². The van der Waals surface area contributed by atoms with Gasteiger partial charge in [0.2, 0.25) is 0 Å². The maximum absolute atomic E-state index is 12.2. The molecule has 20 heavy (non-hydrogen) atoms. The first-order valence-corrected chi connectivity index (χ1v) is 6.05. The largest absolute Gasteiger partial charge is 0.480 e. The zero-order chi connectivity index (χ0) is 15.3. The van der Waals surface area contributed by atoms with Crippen LogP contribution in [0.4, 0.5) is 10.5 Å². The number of urea groups is 1. The Labute approximate surface area is 117 Å². The Balaban J connectivity index is 2.97. The standard InChI is InChI=1S/C14H17N3O3/c1-14(2,3)17(9-12(18)19)13(20)16-11-7-5-4-6-10(11)8-15/h4-7H,9H2,1-3H3,(H,16,20)(H,18,19). The lowest BCUT2D eigenvalue weighted by Crippen LogP contribution is -2.50. The fraction of sp³-hybridized carbons (Fsp3) is 0.357. The third kappa shape index (κ3) is 3.99. The minimum atomic E-state index is -1.09. The van der Waals surface area contributed by atoms with Crippen LogP contribution < -0.4 is 5.32 Å². The summed E-state index contributed by atoms with van der Waals surface area (Å²) in [4.78, 5) is 24.3. The van der Waals surface area contributed by atoms with Gasteiger partial charge in [-0.05, 0) is 32.9 Å². The summed E-state index contributed by atoms with van der Waals surface area (Å²) in [5, 5.41) is 20.4. The molecule has 0 aromatic heterocycles. The van der Waals surface area contributed by atoms with Gasteiger partial charge in [-0.1, -0.05) is 12.1 Å². The molecule has 0 saturated heterocycles. The van der Waals surface area contributed by atoms with E-state index >= 15 is 0 Å². The van der Waals surface area contributed by atoms with Gasteiger partial charge < -0.3 is 15.3 Å². The summed E-state index contributed by atoms with van der Waals surface area (Å²) >= 11 is 0. The van der Waals surface area contributed by atoms with E-state index in [1.165, 1.54) is 4.90 Å². The number of nitrogens with zero attached hydrogens (tertiary/aromatic N) is 2. The minimum Gasteiger partial charge on any atom is -0.480 e. The predicted molar refractivity (Wildman–Crippen MR) is 74.3 cm³/mol. The predicted octanol–water partition coefficient (Wildman–Crippen LogP) is 2.28. The molecule has 1 aromatic rings. The van der Waals surface area contributed by atoms with Crippen molar-refractivity contribution in [1.82, 2.24) is 4.90 Å². The number of para-hydroxylation sites is 1. The Morgan fingerprint density at radius 3 is 2.45 bits per heavy atom. The Bertz CT molecular complexity index is 556. The van der Waals surface area contributed by atoms with Crippen molar-refractivity contribution < 1.29 is 14.7 Å². The van der Waals surface area contributed by atoms with Gasteiger partial charge in [0.05, 0.1) is 11.3 Å². The smallest absolute Gasteiger partial charge is 0.323 e. The first kappa shape index (κ1) is 15.5. The molecule has 0 radical (unpaired) electrons. The molecule has 6 heteroatoms. The molecule has 0 aliphatic carbocycles. The zero-order valence-corrected chi connectivity index (χ0v) is 11.7. The highest BCUT2D eigenvalue weighted by Gasteiger charge is 2.28. The van der Waals surface area contributed by atoms with Crippen LogP contribution in [0.5, 0.6) is 0 Å². The van der Waals surface area contributed by atoms with E-state index in [2.05, 4.69) is 5.32 Å². The van der Waals surface area contributed by atoms with Gasteiger partial charge in [0.25, 0.3) is 0 Å². The van der Waals surface area contributed by atoms with E-state index in [0.717, 1.165) is 0 Å². The molecule has 0 spiro atoms. The van der Waals surface area contributed by atoms with Crippen LogP contribution in [0, 0.1) is 11.3 Å². The first-order valence-electron chi connectivity index (χ1n) is 6.05. The number of carboxylic acid groups (broad SMARTS) is 1. The van der Waals surface area contributed by atoms with Gasteiger partial charge in [-0.15, -0.1) is 0 Å². The van der Waals surface area contributed by atoms with Crippen molar-refractivity contribution in [2.45, 2.75) is 26.3 Å². The highest BCUT2D eigenvalue weighted by Crippen LogP contribution is 2.18. The van der Waals surface area contributed by atoms with Gasteiger partial charge in [0, 0.05) is 5.54 Å². The van der Waals surface area contributed by atoms with Gasteiger partial charge in [-0.2, -0.15) is 5.26 Å². The first-order chi connectivity index (χ1) is 9.25. The number of aliphatic carboxylic acids is 1. The molecule has 0 fully saturated rings. The number of hydrogen-bond acceptors (Lipinski definition) is 3. The number of nitriles is 1. The molecule has 0 aliphatic rings. The van der Waals surface area contributed by atoms with Crippen LogP contribution in [-0.4, -0.2) is 34.1 Å². The van der Waals surface area contributed by atoms with Crippen molar-refractivity contribution in [3.8, 4) is 6.07 Å². The topological polar surface area (TPSA) is 93.4 Å². The van der Waals surface area contributed by atoms with Crippen molar-refractivity contribution in [2.75, 3.05) is 11.9 Å².